The van der Waals surface area contributed by atoms with Crippen molar-refractivity contribution in [2.75, 3.05) is 25.9 Å². The fraction of sp³-hybridized carbons (Fsp3) is 0.292. The number of aromatic nitrogens is 2. The number of likely N-dealkylation sites (N-methyl/N-ethyl adjacent to an activating group) is 1. The molecule has 0 spiro atoms. The van der Waals surface area contributed by atoms with Crippen LogP contribution >= 0.6 is 22.9 Å². The van der Waals surface area contributed by atoms with Gasteiger partial charge in [-0.1, -0.05) is 17.7 Å². The molecule has 0 radical (unpaired) electrons. The van der Waals surface area contributed by atoms with Crippen molar-refractivity contribution in [3.05, 3.63) is 46.6 Å². The van der Waals surface area contributed by atoms with Gasteiger partial charge in [-0.05, 0) is 43.0 Å². The van der Waals surface area contributed by atoms with E-state index in [2.05, 4.69) is 21.9 Å². The van der Waals surface area contributed by atoms with Crippen LogP contribution in [-0.4, -0.2) is 41.1 Å². The summed E-state index contributed by atoms with van der Waals surface area (Å²) in [6.45, 7) is 1.50. The number of rotatable bonds is 4. The molecule has 1 unspecified atom stereocenters. The van der Waals surface area contributed by atoms with E-state index < -0.39 is 11.6 Å². The van der Waals surface area contributed by atoms with Crippen molar-refractivity contribution in [1.29, 1.82) is 5.26 Å². The van der Waals surface area contributed by atoms with Gasteiger partial charge in [0.15, 0.2) is 5.82 Å². The number of nitrogens with zero attached hydrogens (tertiary/aromatic N) is 4. The smallest absolute Gasteiger partial charge is 0.317 e. The van der Waals surface area contributed by atoms with Crippen LogP contribution in [-0.2, 0) is 0 Å². The van der Waals surface area contributed by atoms with Gasteiger partial charge in [-0.25, -0.2) is 13.8 Å². The first kappa shape index (κ1) is 21.5. The highest BCUT2D eigenvalue weighted by atomic mass is 35.5. The predicted octanol–water partition coefficient (Wildman–Crippen LogP) is 5.23. The lowest BCUT2D eigenvalue weighted by molar-refractivity contribution is 0.167. The lowest BCUT2D eigenvalue weighted by atomic mass is 9.97. The van der Waals surface area contributed by atoms with Crippen molar-refractivity contribution in [2.24, 2.45) is 11.8 Å². The van der Waals surface area contributed by atoms with Gasteiger partial charge in [0.2, 0.25) is 0 Å². The number of nitriles is 1. The number of hydrogen-bond acceptors (Lipinski definition) is 7. The van der Waals surface area contributed by atoms with Crippen molar-refractivity contribution in [3.8, 4) is 23.2 Å². The van der Waals surface area contributed by atoms with Crippen LogP contribution in [0.15, 0.2) is 24.4 Å². The SMILES string of the molecule is CN1CC2C[C@@H]2[C@H]1COc1ncc2cc(Cl)c(-c3ccc(F)c4sc(N)c(C#N)c34)c(F)c2n1. The van der Waals surface area contributed by atoms with E-state index in [4.69, 9.17) is 22.1 Å². The molecule has 6 nitrogen and oxygen atoms in total. The Hall–Kier alpha value is -3.06. The van der Waals surface area contributed by atoms with E-state index >= 15 is 4.39 Å². The number of anilines is 1. The summed E-state index contributed by atoms with van der Waals surface area (Å²) < 4.78 is 36.4. The summed E-state index contributed by atoms with van der Waals surface area (Å²) in [5, 5.41) is 10.5. The maximum Gasteiger partial charge on any atom is 0.317 e. The van der Waals surface area contributed by atoms with Gasteiger partial charge in [-0.2, -0.15) is 10.2 Å². The molecule has 10 heteroatoms. The summed E-state index contributed by atoms with van der Waals surface area (Å²) in [5.74, 6) is 0.148. The Morgan fingerprint density at radius 3 is 2.94 bits per heavy atom. The van der Waals surface area contributed by atoms with E-state index in [1.165, 1.54) is 24.8 Å². The minimum absolute atomic E-state index is 0.0227. The molecule has 2 aromatic carbocycles. The Balaban J connectivity index is 1.45. The molecular weight excluding hydrogens is 480 g/mol. The van der Waals surface area contributed by atoms with E-state index in [9.17, 15) is 9.65 Å². The van der Waals surface area contributed by atoms with E-state index in [1.54, 1.807) is 6.07 Å². The molecule has 0 amide bonds. The van der Waals surface area contributed by atoms with Crippen LogP contribution in [0.1, 0.15) is 12.0 Å². The van der Waals surface area contributed by atoms with Crippen LogP contribution in [0.2, 0.25) is 5.02 Å². The Kier molecular flexibility index (Phi) is 4.88. The van der Waals surface area contributed by atoms with E-state index in [0.717, 1.165) is 23.8 Å². The second-order valence-corrected chi connectivity index (χ2v) is 10.3. The quantitative estimate of drug-likeness (QED) is 0.415. The van der Waals surface area contributed by atoms with Crippen LogP contribution in [0.5, 0.6) is 6.01 Å². The van der Waals surface area contributed by atoms with Gasteiger partial charge in [-0.3, -0.25) is 4.90 Å². The largest absolute Gasteiger partial charge is 0.462 e. The number of ether oxygens (including phenoxy) is 1. The lowest BCUT2D eigenvalue weighted by Gasteiger charge is -2.22. The summed E-state index contributed by atoms with van der Waals surface area (Å²) >= 11 is 7.42. The summed E-state index contributed by atoms with van der Waals surface area (Å²) in [6, 6.07) is 6.55. The standard InChI is InChI=1S/C24H18ClF2N5OS/c1-32-8-11-4-13(11)17(32)9-33-24-30-7-10-5-15(25)19(20(27)21(10)31-24)12-2-3-16(26)22-18(12)14(6-28)23(29)34-22/h2-3,5,7,11,13,17H,4,8-9,29H2,1H3/t11?,13-,17+/m0/s1. The maximum atomic E-state index is 15.9. The number of nitrogen functional groups attached to an aromatic ring is 1. The van der Waals surface area contributed by atoms with Crippen molar-refractivity contribution >= 4 is 48.9 Å². The predicted molar refractivity (Wildman–Crippen MR) is 128 cm³/mol. The number of piperidine rings is 1. The second-order valence-electron chi connectivity index (χ2n) is 8.87. The molecule has 2 fully saturated rings. The fourth-order valence-electron chi connectivity index (χ4n) is 5.11. The Morgan fingerprint density at radius 1 is 1.38 bits per heavy atom. The minimum Gasteiger partial charge on any atom is -0.462 e. The molecule has 34 heavy (non-hydrogen) atoms. The van der Waals surface area contributed by atoms with Crippen molar-refractivity contribution in [1.82, 2.24) is 14.9 Å². The average molecular weight is 498 g/mol. The van der Waals surface area contributed by atoms with E-state index in [0.29, 0.717) is 24.0 Å². The van der Waals surface area contributed by atoms with Gasteiger partial charge in [0.1, 0.15) is 29.0 Å². The highest BCUT2D eigenvalue weighted by Crippen LogP contribution is 2.49. The number of nitrogens with two attached hydrogens (primary N) is 1. The molecule has 1 saturated carbocycles. The van der Waals surface area contributed by atoms with Crippen LogP contribution in [0, 0.1) is 34.8 Å². The lowest BCUT2D eigenvalue weighted by Crippen LogP contribution is -2.34. The zero-order valence-electron chi connectivity index (χ0n) is 18.0. The van der Waals surface area contributed by atoms with Crippen molar-refractivity contribution in [2.45, 2.75) is 12.5 Å². The highest BCUT2D eigenvalue weighted by Gasteiger charge is 2.51. The zero-order valence-corrected chi connectivity index (χ0v) is 19.6. The molecule has 1 aliphatic carbocycles. The van der Waals surface area contributed by atoms with Crippen molar-refractivity contribution in [3.63, 3.8) is 0 Å². The number of likely N-dealkylation sites (tertiary alicyclic amines) is 1. The molecule has 2 N–H and O–H groups in total. The monoisotopic (exact) mass is 497 g/mol. The number of hydrogen-bond donors (Lipinski definition) is 1. The highest BCUT2D eigenvalue weighted by molar-refractivity contribution is 7.23. The maximum absolute atomic E-state index is 15.9. The van der Waals surface area contributed by atoms with Crippen LogP contribution in [0.3, 0.4) is 0 Å². The van der Waals surface area contributed by atoms with Crippen LogP contribution in [0.25, 0.3) is 32.1 Å². The molecular formula is C24H18ClF2N5OS. The number of thiophene rings is 1. The number of halogens is 3. The Bertz CT molecular complexity index is 1530. The molecule has 3 heterocycles. The topological polar surface area (TPSA) is 88.1 Å². The van der Waals surface area contributed by atoms with E-state index in [1.807, 2.05) is 6.07 Å². The zero-order chi connectivity index (χ0) is 23.7. The van der Waals surface area contributed by atoms with Crippen molar-refractivity contribution < 1.29 is 13.5 Å². The van der Waals surface area contributed by atoms with Gasteiger partial charge >= 0.3 is 6.01 Å². The third-order valence-electron chi connectivity index (χ3n) is 6.89. The van der Waals surface area contributed by atoms with Gasteiger partial charge in [-0.15, -0.1) is 11.3 Å². The Morgan fingerprint density at radius 2 is 2.21 bits per heavy atom. The summed E-state index contributed by atoms with van der Waals surface area (Å²) in [4.78, 5) is 10.8. The molecule has 1 saturated heterocycles. The van der Waals surface area contributed by atoms with Gasteiger partial charge in [0.25, 0.3) is 0 Å². The molecule has 3 atom stereocenters. The molecule has 172 valence electrons. The number of benzene rings is 2. The van der Waals surface area contributed by atoms with Gasteiger partial charge in [0.05, 0.1) is 15.3 Å². The second kappa shape index (κ2) is 7.73. The molecule has 0 bridgehead atoms. The summed E-state index contributed by atoms with van der Waals surface area (Å²) in [7, 11) is 2.07. The summed E-state index contributed by atoms with van der Waals surface area (Å²) in [6.07, 6.45) is 2.69. The molecule has 2 aromatic heterocycles. The fourth-order valence-corrected chi connectivity index (χ4v) is 6.36. The first-order valence-electron chi connectivity index (χ1n) is 10.8. The molecule has 4 aromatic rings. The van der Waals surface area contributed by atoms with Crippen LogP contribution in [0.4, 0.5) is 13.8 Å². The molecule has 2 aliphatic rings. The molecule has 6 rings (SSSR count). The Labute approximate surface area is 202 Å². The first-order chi connectivity index (χ1) is 16.4. The third kappa shape index (κ3) is 3.21. The van der Waals surface area contributed by atoms with Gasteiger partial charge < -0.3 is 10.5 Å². The van der Waals surface area contributed by atoms with Crippen LogP contribution < -0.4 is 10.5 Å². The molecule has 1 aliphatic heterocycles. The summed E-state index contributed by atoms with van der Waals surface area (Å²) in [5.41, 5.74) is 6.36. The van der Waals surface area contributed by atoms with E-state index in [-0.39, 0.29) is 48.3 Å². The minimum atomic E-state index is -0.698. The third-order valence-corrected chi connectivity index (χ3v) is 8.21. The first-order valence-corrected chi connectivity index (χ1v) is 12.0. The van der Waals surface area contributed by atoms with Gasteiger partial charge in [0, 0.05) is 35.1 Å². The average Bonchev–Trinajstić information content (AvgIpc) is 3.36. The number of fused-ring (bicyclic) bond motifs is 3. The normalized spacial score (nSPS) is 21.7.